The lowest BCUT2D eigenvalue weighted by atomic mass is 9.99. The number of hydrogen-bond donors (Lipinski definition) is 3. The van der Waals surface area contributed by atoms with Gasteiger partial charge in [0.1, 0.15) is 5.69 Å². The molecular formula is C17H19Cl2N5O2. The summed E-state index contributed by atoms with van der Waals surface area (Å²) in [6, 6.07) is 2.33. The lowest BCUT2D eigenvalue weighted by Crippen LogP contribution is -2.40. The minimum Gasteiger partial charge on any atom is -0.325 e. The Balaban J connectivity index is 2.15. The maximum atomic E-state index is 12.2. The quantitative estimate of drug-likeness (QED) is 0.694. The molecule has 1 aromatic carbocycles. The van der Waals surface area contributed by atoms with Crippen LogP contribution in [-0.2, 0) is 4.79 Å². The van der Waals surface area contributed by atoms with E-state index in [4.69, 9.17) is 28.9 Å². The fraction of sp³-hybridized carbons (Fsp3) is 0.294. The van der Waals surface area contributed by atoms with Crippen LogP contribution in [0.1, 0.15) is 30.8 Å². The lowest BCUT2D eigenvalue weighted by molar-refractivity contribution is -0.118. The molecule has 2 atom stereocenters. The van der Waals surface area contributed by atoms with E-state index in [1.807, 2.05) is 13.8 Å². The van der Waals surface area contributed by atoms with Crippen LogP contribution in [0.5, 0.6) is 0 Å². The molecule has 0 bridgehead atoms. The van der Waals surface area contributed by atoms with Gasteiger partial charge in [0.15, 0.2) is 0 Å². The predicted molar refractivity (Wildman–Crippen MR) is 103 cm³/mol. The van der Waals surface area contributed by atoms with Crippen molar-refractivity contribution in [1.82, 2.24) is 9.97 Å². The number of halogens is 2. The Hall–Kier alpha value is -2.22. The first-order valence-electron chi connectivity index (χ1n) is 7.96. The maximum absolute atomic E-state index is 12.2. The molecule has 0 radical (unpaired) electrons. The highest BCUT2D eigenvalue weighted by molar-refractivity contribution is 6.40. The molecule has 0 saturated heterocycles. The number of nitrogens with zero attached hydrogens (tertiary/aromatic N) is 2. The summed E-state index contributed by atoms with van der Waals surface area (Å²) in [6.45, 7) is 3.86. The van der Waals surface area contributed by atoms with E-state index in [-0.39, 0.29) is 33.3 Å². The van der Waals surface area contributed by atoms with E-state index >= 15 is 0 Å². The molecule has 7 nitrogen and oxygen atoms in total. The number of hydrogen-bond acceptors (Lipinski definition) is 5. The minimum atomic E-state index is -0.645. The normalized spacial score (nSPS) is 13.0. The number of benzene rings is 1. The Labute approximate surface area is 161 Å². The van der Waals surface area contributed by atoms with Crippen molar-refractivity contribution in [3.63, 3.8) is 0 Å². The van der Waals surface area contributed by atoms with Crippen molar-refractivity contribution < 1.29 is 9.59 Å². The summed E-state index contributed by atoms with van der Waals surface area (Å²) in [4.78, 5) is 32.1. The van der Waals surface area contributed by atoms with Gasteiger partial charge in [-0.3, -0.25) is 14.6 Å². The van der Waals surface area contributed by atoms with Gasteiger partial charge < -0.3 is 16.4 Å². The topological polar surface area (TPSA) is 110 Å². The number of aromatic nitrogens is 2. The smallest absolute Gasteiger partial charge is 0.275 e. The molecule has 0 aliphatic heterocycles. The Morgan fingerprint density at radius 2 is 1.85 bits per heavy atom. The monoisotopic (exact) mass is 395 g/mol. The number of rotatable bonds is 6. The van der Waals surface area contributed by atoms with E-state index < -0.39 is 11.9 Å². The molecule has 26 heavy (non-hydrogen) atoms. The van der Waals surface area contributed by atoms with Gasteiger partial charge >= 0.3 is 0 Å². The van der Waals surface area contributed by atoms with Gasteiger partial charge in [-0.15, -0.1) is 0 Å². The fourth-order valence-electron chi connectivity index (χ4n) is 2.10. The summed E-state index contributed by atoms with van der Waals surface area (Å²) < 4.78 is 0. The second-order valence-corrected chi connectivity index (χ2v) is 6.57. The van der Waals surface area contributed by atoms with Crippen LogP contribution in [0.15, 0.2) is 30.7 Å². The van der Waals surface area contributed by atoms with Crippen molar-refractivity contribution in [2.45, 2.75) is 26.3 Å². The summed E-state index contributed by atoms with van der Waals surface area (Å²) >= 11 is 12.4. The Morgan fingerprint density at radius 3 is 2.38 bits per heavy atom. The van der Waals surface area contributed by atoms with E-state index in [0.717, 1.165) is 6.42 Å². The van der Waals surface area contributed by atoms with Crippen LogP contribution in [-0.4, -0.2) is 27.8 Å². The molecule has 4 N–H and O–H groups in total. The Kier molecular flexibility index (Phi) is 6.90. The highest BCUT2D eigenvalue weighted by atomic mass is 35.5. The third-order valence-electron chi connectivity index (χ3n) is 3.90. The maximum Gasteiger partial charge on any atom is 0.275 e. The third-order valence-corrected chi connectivity index (χ3v) is 4.50. The molecule has 2 unspecified atom stereocenters. The predicted octanol–water partition coefficient (Wildman–Crippen LogP) is 3.35. The zero-order valence-electron chi connectivity index (χ0n) is 14.3. The Bertz CT molecular complexity index is 778. The van der Waals surface area contributed by atoms with Gasteiger partial charge in [0.05, 0.1) is 28.0 Å². The average Bonchev–Trinajstić information content (AvgIpc) is 2.63. The van der Waals surface area contributed by atoms with Gasteiger partial charge in [0.2, 0.25) is 5.91 Å². The summed E-state index contributed by atoms with van der Waals surface area (Å²) in [5, 5.41) is 5.60. The lowest BCUT2D eigenvalue weighted by Gasteiger charge is -2.18. The van der Waals surface area contributed by atoms with Gasteiger partial charge in [-0.1, -0.05) is 43.5 Å². The SMILES string of the molecule is CCC(C)C(N)C(=O)Nc1cc(Cl)c(NC(=O)c2cnccn2)c(Cl)c1. The van der Waals surface area contributed by atoms with Crippen molar-refractivity contribution in [3.05, 3.63) is 46.5 Å². The molecule has 0 aliphatic carbocycles. The van der Waals surface area contributed by atoms with Crippen LogP contribution >= 0.6 is 23.2 Å². The van der Waals surface area contributed by atoms with E-state index in [2.05, 4.69) is 20.6 Å². The Morgan fingerprint density at radius 1 is 1.19 bits per heavy atom. The van der Waals surface area contributed by atoms with Gasteiger partial charge in [0.25, 0.3) is 5.91 Å². The van der Waals surface area contributed by atoms with E-state index in [0.29, 0.717) is 5.69 Å². The largest absolute Gasteiger partial charge is 0.325 e. The first-order valence-corrected chi connectivity index (χ1v) is 8.72. The van der Waals surface area contributed by atoms with Crippen LogP contribution in [0.25, 0.3) is 0 Å². The molecule has 1 heterocycles. The third kappa shape index (κ3) is 4.91. The van der Waals surface area contributed by atoms with Crippen LogP contribution in [0, 0.1) is 5.92 Å². The van der Waals surface area contributed by atoms with E-state index in [1.165, 1.54) is 30.7 Å². The fourth-order valence-corrected chi connectivity index (χ4v) is 2.68. The zero-order valence-corrected chi connectivity index (χ0v) is 15.8. The summed E-state index contributed by atoms with van der Waals surface area (Å²) in [5.41, 5.74) is 6.64. The van der Waals surface area contributed by atoms with Crippen molar-refractivity contribution >= 4 is 46.4 Å². The summed E-state index contributed by atoms with van der Waals surface area (Å²) in [6.07, 6.45) is 4.96. The number of amides is 2. The number of carbonyl (C=O) groups is 2. The molecule has 0 spiro atoms. The highest BCUT2D eigenvalue weighted by Crippen LogP contribution is 2.34. The van der Waals surface area contributed by atoms with Crippen molar-refractivity contribution in [3.8, 4) is 0 Å². The molecular weight excluding hydrogens is 377 g/mol. The highest BCUT2D eigenvalue weighted by Gasteiger charge is 2.20. The van der Waals surface area contributed by atoms with E-state index in [1.54, 1.807) is 0 Å². The number of carbonyl (C=O) groups excluding carboxylic acids is 2. The molecule has 2 aromatic rings. The van der Waals surface area contributed by atoms with Crippen LogP contribution in [0.4, 0.5) is 11.4 Å². The molecule has 2 amide bonds. The van der Waals surface area contributed by atoms with Gasteiger partial charge in [0, 0.05) is 18.1 Å². The summed E-state index contributed by atoms with van der Waals surface area (Å²) in [5.74, 6) is -0.799. The second-order valence-electron chi connectivity index (χ2n) is 5.76. The second kappa shape index (κ2) is 8.93. The minimum absolute atomic E-state index is 0.0338. The number of anilines is 2. The van der Waals surface area contributed by atoms with Gasteiger partial charge in [-0.2, -0.15) is 0 Å². The average molecular weight is 396 g/mol. The molecule has 2 rings (SSSR count). The molecule has 1 aromatic heterocycles. The molecule has 0 saturated carbocycles. The zero-order chi connectivity index (χ0) is 19.3. The molecule has 138 valence electrons. The van der Waals surface area contributed by atoms with E-state index in [9.17, 15) is 9.59 Å². The first-order chi connectivity index (χ1) is 12.3. The van der Waals surface area contributed by atoms with Crippen LogP contribution in [0.3, 0.4) is 0 Å². The van der Waals surface area contributed by atoms with Crippen LogP contribution < -0.4 is 16.4 Å². The van der Waals surface area contributed by atoms with Crippen molar-refractivity contribution in [2.24, 2.45) is 11.7 Å². The summed E-state index contributed by atoms with van der Waals surface area (Å²) in [7, 11) is 0. The van der Waals surface area contributed by atoms with Crippen molar-refractivity contribution in [2.75, 3.05) is 10.6 Å². The van der Waals surface area contributed by atoms with Gasteiger partial charge in [-0.05, 0) is 18.1 Å². The standard InChI is InChI=1S/C17H19Cl2N5O2/c1-3-9(2)14(20)17(26)23-10-6-11(18)15(12(19)7-10)24-16(25)13-8-21-4-5-22-13/h4-9,14H,3,20H2,1-2H3,(H,23,26)(H,24,25). The number of nitrogens with two attached hydrogens (primary N) is 1. The first kappa shape index (κ1) is 20.1. The molecule has 0 aliphatic rings. The molecule has 0 fully saturated rings. The van der Waals surface area contributed by atoms with Gasteiger partial charge in [-0.25, -0.2) is 4.98 Å². The number of nitrogens with one attached hydrogen (secondary N) is 2. The van der Waals surface area contributed by atoms with Crippen molar-refractivity contribution in [1.29, 1.82) is 0 Å². The van der Waals surface area contributed by atoms with Crippen LogP contribution in [0.2, 0.25) is 10.0 Å². The molecule has 9 heteroatoms.